The molecule has 0 saturated carbocycles. The Balaban J connectivity index is 1.25. The van der Waals surface area contributed by atoms with Gasteiger partial charge in [0.05, 0.1) is 0 Å². The number of nitrogens with zero attached hydrogens (tertiary/aromatic N) is 1. The van der Waals surface area contributed by atoms with Gasteiger partial charge in [0.2, 0.25) is 0 Å². The van der Waals surface area contributed by atoms with Crippen LogP contribution in [0.15, 0.2) is 144 Å². The van der Waals surface area contributed by atoms with Crippen molar-refractivity contribution in [3.8, 4) is 11.1 Å². The predicted molar refractivity (Wildman–Crippen MR) is 196 cm³/mol. The Morgan fingerprint density at radius 3 is 2.07 bits per heavy atom. The van der Waals surface area contributed by atoms with E-state index in [-0.39, 0.29) is 5.41 Å². The average molecular weight is 608 g/mol. The zero-order chi connectivity index (χ0) is 30.6. The molecule has 3 heteroatoms. The molecule has 1 aliphatic carbocycles. The normalized spacial score (nSPS) is 13.6. The maximum atomic E-state index is 6.52. The first kappa shape index (κ1) is 25.9. The number of anilines is 3. The van der Waals surface area contributed by atoms with Crippen molar-refractivity contribution >= 4 is 81.3 Å². The van der Waals surface area contributed by atoms with Gasteiger partial charge in [0, 0.05) is 58.8 Å². The number of hydrogen-bond acceptors (Lipinski definition) is 3. The van der Waals surface area contributed by atoms with Crippen LogP contribution in [0.5, 0.6) is 0 Å². The van der Waals surface area contributed by atoms with Crippen molar-refractivity contribution in [2.45, 2.75) is 19.3 Å². The Labute approximate surface area is 270 Å². The minimum atomic E-state index is -0.0739. The molecule has 0 unspecified atom stereocenters. The lowest BCUT2D eigenvalue weighted by Crippen LogP contribution is -2.16. The van der Waals surface area contributed by atoms with Crippen molar-refractivity contribution < 1.29 is 4.42 Å². The molecule has 218 valence electrons. The topological polar surface area (TPSA) is 16.4 Å². The predicted octanol–water partition coefficient (Wildman–Crippen LogP) is 12.9. The van der Waals surface area contributed by atoms with Gasteiger partial charge in [0.25, 0.3) is 0 Å². The van der Waals surface area contributed by atoms with Crippen LogP contribution in [0.4, 0.5) is 17.1 Å². The molecule has 2 aromatic heterocycles. The molecule has 10 rings (SSSR count). The Hall–Kier alpha value is -5.38. The Kier molecular flexibility index (Phi) is 5.25. The van der Waals surface area contributed by atoms with Crippen LogP contribution >= 0.6 is 11.3 Å². The van der Waals surface area contributed by atoms with Crippen LogP contribution in [-0.4, -0.2) is 0 Å². The number of hydrogen-bond donors (Lipinski definition) is 0. The highest BCUT2D eigenvalue weighted by molar-refractivity contribution is 7.27. The van der Waals surface area contributed by atoms with Gasteiger partial charge in [-0.25, -0.2) is 0 Å². The summed E-state index contributed by atoms with van der Waals surface area (Å²) in [6, 6.07) is 50.8. The van der Waals surface area contributed by atoms with Gasteiger partial charge in [-0.15, -0.1) is 11.3 Å². The zero-order valence-electron chi connectivity index (χ0n) is 25.5. The van der Waals surface area contributed by atoms with Gasteiger partial charge in [-0.2, -0.15) is 0 Å². The van der Waals surface area contributed by atoms with Crippen molar-refractivity contribution in [3.05, 3.63) is 151 Å². The van der Waals surface area contributed by atoms with Gasteiger partial charge in [0.1, 0.15) is 11.2 Å². The van der Waals surface area contributed by atoms with Crippen molar-refractivity contribution in [2.24, 2.45) is 0 Å². The molecule has 0 atom stereocenters. The van der Waals surface area contributed by atoms with Crippen LogP contribution in [-0.2, 0) is 5.41 Å². The average Bonchev–Trinajstić information content (AvgIpc) is 3.74. The Morgan fingerprint density at radius 2 is 1.20 bits per heavy atom. The SMILES string of the molecule is CC1(C)c2ccccc2-c2ccc(N(c3ccccc3)c3ccc4sc5c(c4c3)c3ccccc3c3oc4ccccc4c35)cc21. The first-order chi connectivity index (χ1) is 22.6. The highest BCUT2D eigenvalue weighted by Crippen LogP contribution is 2.52. The molecule has 0 fully saturated rings. The summed E-state index contributed by atoms with van der Waals surface area (Å²) < 4.78 is 9.09. The summed E-state index contributed by atoms with van der Waals surface area (Å²) in [4.78, 5) is 2.41. The lowest BCUT2D eigenvalue weighted by atomic mass is 9.82. The van der Waals surface area contributed by atoms with Gasteiger partial charge in [-0.3, -0.25) is 0 Å². The number of thiophene rings is 1. The highest BCUT2D eigenvalue weighted by Gasteiger charge is 2.35. The molecule has 0 spiro atoms. The summed E-state index contributed by atoms with van der Waals surface area (Å²) in [5.41, 5.74) is 10.7. The molecule has 2 heterocycles. The Morgan fingerprint density at radius 1 is 0.522 bits per heavy atom. The molecule has 0 radical (unpaired) electrons. The molecule has 0 saturated heterocycles. The minimum absolute atomic E-state index is 0.0739. The van der Waals surface area contributed by atoms with E-state index < -0.39 is 0 Å². The summed E-state index contributed by atoms with van der Waals surface area (Å²) in [5, 5.41) is 7.35. The molecule has 46 heavy (non-hydrogen) atoms. The third kappa shape index (κ3) is 3.46. The third-order valence-electron chi connectivity index (χ3n) is 10.0. The quantitative estimate of drug-likeness (QED) is 0.199. The summed E-state index contributed by atoms with van der Waals surface area (Å²) in [5.74, 6) is 0. The summed E-state index contributed by atoms with van der Waals surface area (Å²) >= 11 is 1.87. The second kappa shape index (κ2) is 9.32. The van der Waals surface area contributed by atoms with Crippen LogP contribution in [0.2, 0.25) is 0 Å². The number of fused-ring (bicyclic) bond motifs is 13. The van der Waals surface area contributed by atoms with E-state index in [1.54, 1.807) is 0 Å². The van der Waals surface area contributed by atoms with Gasteiger partial charge in [0.15, 0.2) is 0 Å². The minimum Gasteiger partial charge on any atom is -0.455 e. The van der Waals surface area contributed by atoms with Crippen LogP contribution in [0.25, 0.3) is 64.0 Å². The maximum absolute atomic E-state index is 6.52. The summed E-state index contributed by atoms with van der Waals surface area (Å²) in [6.45, 7) is 4.70. The van der Waals surface area contributed by atoms with Gasteiger partial charge >= 0.3 is 0 Å². The molecule has 0 aliphatic heterocycles. The second-order valence-corrected chi connectivity index (χ2v) is 14.0. The molecule has 0 amide bonds. The van der Waals surface area contributed by atoms with E-state index >= 15 is 0 Å². The highest BCUT2D eigenvalue weighted by atomic mass is 32.1. The molecular weight excluding hydrogens is 579 g/mol. The molecule has 1 aliphatic rings. The monoisotopic (exact) mass is 607 g/mol. The Bertz CT molecular complexity index is 2680. The summed E-state index contributed by atoms with van der Waals surface area (Å²) in [7, 11) is 0. The van der Waals surface area contributed by atoms with E-state index in [4.69, 9.17) is 4.42 Å². The van der Waals surface area contributed by atoms with E-state index in [2.05, 4.69) is 158 Å². The fourth-order valence-corrected chi connectivity index (χ4v) is 9.14. The van der Waals surface area contributed by atoms with Crippen LogP contribution in [0, 0.1) is 0 Å². The fraction of sp³-hybridized carbons (Fsp3) is 0.0698. The fourth-order valence-electron chi connectivity index (χ4n) is 7.88. The van der Waals surface area contributed by atoms with Crippen molar-refractivity contribution in [1.82, 2.24) is 0 Å². The van der Waals surface area contributed by atoms with Gasteiger partial charge in [-0.1, -0.05) is 105 Å². The van der Waals surface area contributed by atoms with Crippen molar-refractivity contribution in [2.75, 3.05) is 4.90 Å². The maximum Gasteiger partial charge on any atom is 0.144 e. The number of benzene rings is 7. The molecule has 7 aromatic carbocycles. The largest absolute Gasteiger partial charge is 0.455 e. The third-order valence-corrected chi connectivity index (χ3v) is 11.2. The van der Waals surface area contributed by atoms with E-state index in [1.807, 2.05) is 11.3 Å². The van der Waals surface area contributed by atoms with E-state index in [0.717, 1.165) is 33.6 Å². The number of para-hydroxylation sites is 2. The molecule has 0 N–H and O–H groups in total. The number of furan rings is 1. The molecule has 9 aromatic rings. The van der Waals surface area contributed by atoms with Crippen molar-refractivity contribution in [1.29, 1.82) is 0 Å². The number of rotatable bonds is 3. The van der Waals surface area contributed by atoms with E-state index in [1.165, 1.54) is 58.6 Å². The first-order valence-corrected chi connectivity index (χ1v) is 16.7. The van der Waals surface area contributed by atoms with E-state index in [0.29, 0.717) is 0 Å². The van der Waals surface area contributed by atoms with Gasteiger partial charge < -0.3 is 9.32 Å². The second-order valence-electron chi connectivity index (χ2n) is 12.9. The first-order valence-electron chi connectivity index (χ1n) is 15.9. The molecular formula is C43H29NOS. The van der Waals surface area contributed by atoms with Crippen molar-refractivity contribution in [3.63, 3.8) is 0 Å². The van der Waals surface area contributed by atoms with Gasteiger partial charge in [-0.05, 0) is 76.2 Å². The molecule has 2 nitrogen and oxygen atoms in total. The zero-order valence-corrected chi connectivity index (χ0v) is 26.4. The molecule has 0 bridgehead atoms. The van der Waals surface area contributed by atoms with Crippen LogP contribution in [0.3, 0.4) is 0 Å². The van der Waals surface area contributed by atoms with Crippen LogP contribution < -0.4 is 4.90 Å². The smallest absolute Gasteiger partial charge is 0.144 e. The standard InChI is InChI=1S/C43H29NOS/c1-43(2)35-18-10-8-14-29(35)30-22-20-28(25-36(30)43)44(26-12-4-3-5-13-26)27-21-23-38-34(24-27)39-31-15-6-7-16-32(31)41-40(42(39)46-38)33-17-9-11-19-37(33)45-41/h3-25H,1-2H3. The summed E-state index contributed by atoms with van der Waals surface area (Å²) in [6.07, 6.45) is 0. The lowest BCUT2D eigenvalue weighted by Gasteiger charge is -2.28. The van der Waals surface area contributed by atoms with E-state index in [9.17, 15) is 0 Å². The van der Waals surface area contributed by atoms with Crippen LogP contribution in [0.1, 0.15) is 25.0 Å². The lowest BCUT2D eigenvalue weighted by molar-refractivity contribution is 0.660.